The third-order valence-electron chi connectivity index (χ3n) is 2.94. The molecule has 1 saturated heterocycles. The van der Waals surface area contributed by atoms with Crippen LogP contribution in [-0.4, -0.2) is 42.5 Å². The summed E-state index contributed by atoms with van der Waals surface area (Å²) in [5, 5.41) is 0. The Balaban J connectivity index is 0.000000444. The number of nitrogens with zero attached hydrogens (tertiary/aromatic N) is 3. The summed E-state index contributed by atoms with van der Waals surface area (Å²) in [4.78, 5) is 19.2. The fourth-order valence-corrected chi connectivity index (χ4v) is 1.90. The van der Waals surface area contributed by atoms with Crippen molar-refractivity contribution in [2.75, 3.05) is 31.1 Å². The van der Waals surface area contributed by atoms with Gasteiger partial charge in [-0.3, -0.25) is 4.79 Å². The van der Waals surface area contributed by atoms with Crippen LogP contribution in [0.25, 0.3) is 0 Å². The van der Waals surface area contributed by atoms with Crippen molar-refractivity contribution in [1.82, 2.24) is 9.88 Å². The van der Waals surface area contributed by atoms with Crippen LogP contribution in [0.1, 0.15) is 33.4 Å². The van der Waals surface area contributed by atoms with Crippen LogP contribution >= 0.6 is 0 Å². The minimum atomic E-state index is 0.793. The number of pyridine rings is 1. The molecule has 1 aliphatic heterocycles. The molecule has 2 heterocycles. The third kappa shape index (κ3) is 5.59. The van der Waals surface area contributed by atoms with Gasteiger partial charge in [-0.1, -0.05) is 33.8 Å². The maximum atomic E-state index is 10.6. The second-order valence-electron chi connectivity index (χ2n) is 5.70. The third-order valence-corrected chi connectivity index (χ3v) is 2.94. The Hall–Kier alpha value is -1.58. The first-order valence-electron chi connectivity index (χ1n) is 7.47. The van der Waals surface area contributed by atoms with Gasteiger partial charge in [-0.25, -0.2) is 4.98 Å². The van der Waals surface area contributed by atoms with Crippen LogP contribution in [0.4, 0.5) is 5.82 Å². The quantitative estimate of drug-likeness (QED) is 0.797. The summed E-state index contributed by atoms with van der Waals surface area (Å²) in [6.45, 7) is 11.9. The van der Waals surface area contributed by atoms with E-state index in [0.717, 1.165) is 56.4 Å². The van der Waals surface area contributed by atoms with Crippen LogP contribution in [0.3, 0.4) is 0 Å². The number of hydrogen-bond acceptors (Lipinski definition) is 3. The lowest BCUT2D eigenvalue weighted by Gasteiger charge is -2.33. The van der Waals surface area contributed by atoms with Gasteiger partial charge in [0.05, 0.1) is 0 Å². The molecule has 0 aromatic carbocycles. The summed E-state index contributed by atoms with van der Waals surface area (Å²) in [6, 6.07) is 6.13. The Morgan fingerprint density at radius 3 is 2.30 bits per heavy atom. The van der Waals surface area contributed by atoms with E-state index in [0.29, 0.717) is 0 Å². The van der Waals surface area contributed by atoms with Gasteiger partial charge >= 0.3 is 0 Å². The topological polar surface area (TPSA) is 36.4 Å². The van der Waals surface area contributed by atoms with E-state index in [-0.39, 0.29) is 0 Å². The van der Waals surface area contributed by atoms with Gasteiger partial charge in [0.2, 0.25) is 6.41 Å². The molecule has 0 aliphatic carbocycles. The zero-order valence-corrected chi connectivity index (χ0v) is 13.2. The molecule has 4 heteroatoms. The molecule has 4 nitrogen and oxygen atoms in total. The summed E-state index contributed by atoms with van der Waals surface area (Å²) in [6.07, 6.45) is 1.88. The van der Waals surface area contributed by atoms with Gasteiger partial charge in [0.15, 0.2) is 0 Å². The van der Waals surface area contributed by atoms with Crippen molar-refractivity contribution in [3.63, 3.8) is 0 Å². The van der Waals surface area contributed by atoms with Gasteiger partial charge < -0.3 is 9.80 Å². The Morgan fingerprint density at radius 1 is 1.20 bits per heavy atom. The van der Waals surface area contributed by atoms with Gasteiger partial charge in [0.25, 0.3) is 0 Å². The molecular formula is C16H27N3O. The minimum absolute atomic E-state index is 0.793. The smallest absolute Gasteiger partial charge is 0.209 e. The SMILES string of the molecule is CC(C)C.CCc1cccc(N2CCN(C=O)CC2)n1. The van der Waals surface area contributed by atoms with Crippen LogP contribution in [0.5, 0.6) is 0 Å². The highest BCUT2D eigenvalue weighted by Gasteiger charge is 2.16. The van der Waals surface area contributed by atoms with Gasteiger partial charge in [-0.05, 0) is 24.5 Å². The lowest BCUT2D eigenvalue weighted by Crippen LogP contribution is -2.46. The van der Waals surface area contributed by atoms with Crippen molar-refractivity contribution in [2.45, 2.75) is 34.1 Å². The van der Waals surface area contributed by atoms with Crippen molar-refractivity contribution in [3.8, 4) is 0 Å². The highest BCUT2D eigenvalue weighted by molar-refractivity contribution is 5.49. The number of anilines is 1. The number of piperazine rings is 1. The normalized spacial score (nSPS) is 14.8. The Labute approximate surface area is 122 Å². The van der Waals surface area contributed by atoms with Gasteiger partial charge in [0, 0.05) is 31.9 Å². The number of aryl methyl sites for hydroxylation is 1. The monoisotopic (exact) mass is 277 g/mol. The molecule has 1 aromatic heterocycles. The Kier molecular flexibility index (Phi) is 7.05. The van der Waals surface area contributed by atoms with Crippen LogP contribution < -0.4 is 4.90 Å². The lowest BCUT2D eigenvalue weighted by molar-refractivity contribution is -0.118. The van der Waals surface area contributed by atoms with E-state index in [2.05, 4.69) is 37.6 Å². The Bertz CT molecular complexity index is 396. The molecule has 112 valence electrons. The van der Waals surface area contributed by atoms with Gasteiger partial charge in [-0.2, -0.15) is 0 Å². The predicted molar refractivity (Wildman–Crippen MR) is 84.0 cm³/mol. The second kappa shape index (κ2) is 8.56. The number of aromatic nitrogens is 1. The molecule has 2 rings (SSSR count). The van der Waals surface area contributed by atoms with E-state index in [1.165, 1.54) is 0 Å². The zero-order valence-electron chi connectivity index (χ0n) is 13.2. The number of rotatable bonds is 3. The van der Waals surface area contributed by atoms with Crippen LogP contribution in [0.15, 0.2) is 18.2 Å². The molecule has 0 unspecified atom stereocenters. The zero-order chi connectivity index (χ0) is 15.0. The summed E-state index contributed by atoms with van der Waals surface area (Å²) in [5.74, 6) is 1.87. The first-order chi connectivity index (χ1) is 9.56. The van der Waals surface area contributed by atoms with Crippen molar-refractivity contribution < 1.29 is 4.79 Å². The van der Waals surface area contributed by atoms with E-state index in [1.54, 1.807) is 4.90 Å². The summed E-state index contributed by atoms with van der Waals surface area (Å²) < 4.78 is 0. The van der Waals surface area contributed by atoms with Crippen molar-refractivity contribution >= 4 is 12.2 Å². The van der Waals surface area contributed by atoms with E-state index < -0.39 is 0 Å². The Morgan fingerprint density at radius 2 is 1.80 bits per heavy atom. The van der Waals surface area contributed by atoms with Crippen molar-refractivity contribution in [2.24, 2.45) is 5.92 Å². The molecule has 0 bridgehead atoms. The van der Waals surface area contributed by atoms with E-state index in [1.807, 2.05) is 18.2 Å². The first-order valence-corrected chi connectivity index (χ1v) is 7.47. The highest BCUT2D eigenvalue weighted by Crippen LogP contribution is 2.13. The van der Waals surface area contributed by atoms with Crippen LogP contribution in [0, 0.1) is 5.92 Å². The van der Waals surface area contributed by atoms with Crippen molar-refractivity contribution in [3.05, 3.63) is 23.9 Å². The fourth-order valence-electron chi connectivity index (χ4n) is 1.90. The number of hydrogen-bond donors (Lipinski definition) is 0. The average molecular weight is 277 g/mol. The molecule has 0 N–H and O–H groups in total. The molecule has 1 fully saturated rings. The molecular weight excluding hydrogens is 250 g/mol. The van der Waals surface area contributed by atoms with E-state index >= 15 is 0 Å². The molecule has 0 radical (unpaired) electrons. The van der Waals surface area contributed by atoms with Gasteiger partial charge in [0.1, 0.15) is 5.82 Å². The maximum Gasteiger partial charge on any atom is 0.209 e. The maximum absolute atomic E-state index is 10.6. The van der Waals surface area contributed by atoms with E-state index in [4.69, 9.17) is 0 Å². The molecule has 1 aromatic rings. The number of amides is 1. The lowest BCUT2D eigenvalue weighted by atomic mass is 10.2. The molecule has 0 saturated carbocycles. The molecule has 20 heavy (non-hydrogen) atoms. The summed E-state index contributed by atoms with van der Waals surface area (Å²) >= 11 is 0. The van der Waals surface area contributed by atoms with Gasteiger partial charge in [-0.15, -0.1) is 0 Å². The molecule has 0 atom stereocenters. The molecule has 0 spiro atoms. The van der Waals surface area contributed by atoms with E-state index in [9.17, 15) is 4.79 Å². The first kappa shape index (κ1) is 16.5. The average Bonchev–Trinajstić information content (AvgIpc) is 2.47. The predicted octanol–water partition coefficient (Wildman–Crippen LogP) is 2.58. The fraction of sp³-hybridized carbons (Fsp3) is 0.625. The largest absolute Gasteiger partial charge is 0.353 e. The summed E-state index contributed by atoms with van der Waals surface area (Å²) in [5.41, 5.74) is 1.12. The van der Waals surface area contributed by atoms with Crippen LogP contribution in [0.2, 0.25) is 0 Å². The summed E-state index contributed by atoms with van der Waals surface area (Å²) in [7, 11) is 0. The standard InChI is InChI=1S/C12H17N3O.C4H10/c1-2-11-4-3-5-12(13-11)15-8-6-14(10-16)7-9-15;1-4(2)3/h3-5,10H,2,6-9H2,1H3;4H,1-3H3. The minimum Gasteiger partial charge on any atom is -0.353 e. The van der Waals surface area contributed by atoms with Crippen molar-refractivity contribution in [1.29, 1.82) is 0 Å². The van der Waals surface area contributed by atoms with Crippen LogP contribution in [-0.2, 0) is 11.2 Å². The number of carbonyl (C=O) groups excluding carboxylic acids is 1. The highest BCUT2D eigenvalue weighted by atomic mass is 16.1. The number of carbonyl (C=O) groups is 1. The molecule has 1 amide bonds. The molecule has 1 aliphatic rings. The second-order valence-corrected chi connectivity index (χ2v) is 5.70.